The van der Waals surface area contributed by atoms with Gasteiger partial charge in [0.25, 0.3) is 11.7 Å². The van der Waals surface area contributed by atoms with Gasteiger partial charge in [0.1, 0.15) is 11.6 Å². The Bertz CT molecular complexity index is 1490. The quantitative estimate of drug-likeness (QED) is 0.135. The summed E-state index contributed by atoms with van der Waals surface area (Å²) >= 11 is 0. The van der Waals surface area contributed by atoms with Crippen LogP contribution in [-0.4, -0.2) is 56.5 Å². The number of Topliss-reactive ketones (excluding diaryl/α,β-unsaturated/α-hetero) is 1. The number of H-pyrrole nitrogens is 1. The van der Waals surface area contributed by atoms with E-state index in [1.54, 1.807) is 6.20 Å². The zero-order valence-electron chi connectivity index (χ0n) is 19.6. The number of hydrogen-bond acceptors (Lipinski definition) is 8. The van der Waals surface area contributed by atoms with Crippen molar-refractivity contribution in [1.82, 2.24) is 24.4 Å². The number of imidazole rings is 1. The van der Waals surface area contributed by atoms with E-state index >= 15 is 0 Å². The second-order valence-electron chi connectivity index (χ2n) is 8.12. The Morgan fingerprint density at radius 1 is 1.22 bits per heavy atom. The minimum Gasteiger partial charge on any atom is -0.494 e. The number of aliphatic imine (C=N–C) groups is 1. The van der Waals surface area contributed by atoms with Gasteiger partial charge in [0, 0.05) is 31.7 Å². The summed E-state index contributed by atoms with van der Waals surface area (Å²) in [5.41, 5.74) is 2.66. The van der Waals surface area contributed by atoms with Crippen LogP contribution in [0.2, 0.25) is 0 Å². The van der Waals surface area contributed by atoms with Crippen molar-refractivity contribution in [3.05, 3.63) is 72.7 Å². The molecule has 11 nitrogen and oxygen atoms in total. The number of carbonyl (C=O) groups excluding carboxylic acids is 2. The highest BCUT2D eigenvalue weighted by molar-refractivity contribution is 6.45. The Hall–Kier alpha value is -4.77. The van der Waals surface area contributed by atoms with Gasteiger partial charge in [-0.25, -0.2) is 15.8 Å². The van der Waals surface area contributed by atoms with Crippen LogP contribution in [0, 0.1) is 0 Å². The molecule has 5 rings (SSSR count). The molecule has 0 radical (unpaired) electrons. The number of benzene rings is 1. The molecular weight excluding hydrogens is 460 g/mol. The molecule has 11 heteroatoms. The van der Waals surface area contributed by atoms with Crippen molar-refractivity contribution >= 4 is 35.1 Å². The third-order valence-corrected chi connectivity index (χ3v) is 6.11. The largest absolute Gasteiger partial charge is 0.494 e. The number of hydrogen-bond donors (Lipinski definition) is 2. The lowest BCUT2D eigenvalue weighted by Gasteiger charge is -2.28. The molecule has 182 valence electrons. The Morgan fingerprint density at radius 3 is 2.78 bits per heavy atom. The van der Waals surface area contributed by atoms with Crippen molar-refractivity contribution in [2.75, 3.05) is 18.7 Å². The maximum Gasteiger partial charge on any atom is 0.295 e. The van der Waals surface area contributed by atoms with Gasteiger partial charge in [-0.2, -0.15) is 0 Å². The van der Waals surface area contributed by atoms with Gasteiger partial charge in [-0.1, -0.05) is 30.3 Å². The Balaban J connectivity index is 1.43. The maximum absolute atomic E-state index is 13.4. The first-order valence-electron chi connectivity index (χ1n) is 11.2. The number of ketones is 1. The van der Waals surface area contributed by atoms with E-state index < -0.39 is 11.7 Å². The van der Waals surface area contributed by atoms with E-state index in [0.717, 1.165) is 17.1 Å². The molecule has 0 saturated carbocycles. The van der Waals surface area contributed by atoms with E-state index in [0.29, 0.717) is 35.6 Å². The predicted molar refractivity (Wildman–Crippen MR) is 135 cm³/mol. The molecule has 1 aromatic carbocycles. The maximum atomic E-state index is 13.4. The monoisotopic (exact) mass is 484 g/mol. The van der Waals surface area contributed by atoms with Gasteiger partial charge in [-0.05, 0) is 12.3 Å². The zero-order chi connectivity index (χ0) is 25.2. The number of amides is 1. The van der Waals surface area contributed by atoms with E-state index in [4.69, 9.17) is 10.6 Å². The van der Waals surface area contributed by atoms with Gasteiger partial charge in [0.2, 0.25) is 0 Å². The number of aromatic amines is 1. The molecule has 4 aromatic rings. The third kappa shape index (κ3) is 3.91. The molecule has 1 aliphatic heterocycles. The van der Waals surface area contributed by atoms with Crippen LogP contribution in [0.5, 0.6) is 5.75 Å². The summed E-state index contributed by atoms with van der Waals surface area (Å²) in [7, 11) is 1.47. The number of nitrogens with one attached hydrogen (secondary N) is 1. The van der Waals surface area contributed by atoms with Crippen LogP contribution >= 0.6 is 0 Å². The average Bonchev–Trinajstić information content (AvgIpc) is 3.55. The van der Waals surface area contributed by atoms with Gasteiger partial charge in [-0.3, -0.25) is 19.6 Å². The second-order valence-corrected chi connectivity index (χ2v) is 8.12. The summed E-state index contributed by atoms with van der Waals surface area (Å²) < 4.78 is 7.51. The van der Waals surface area contributed by atoms with Crippen molar-refractivity contribution < 1.29 is 14.3 Å². The van der Waals surface area contributed by atoms with Crippen LogP contribution in [0.15, 0.2) is 66.3 Å². The van der Waals surface area contributed by atoms with Crippen molar-refractivity contribution in [1.29, 1.82) is 0 Å². The molecule has 3 N–H and O–H groups in total. The molecule has 3 aromatic heterocycles. The highest BCUT2D eigenvalue weighted by atomic mass is 16.5. The molecule has 0 unspecified atom stereocenters. The van der Waals surface area contributed by atoms with Crippen LogP contribution in [0.25, 0.3) is 22.2 Å². The summed E-state index contributed by atoms with van der Waals surface area (Å²) in [6.07, 6.45) is 7.59. The first kappa shape index (κ1) is 23.0. The molecule has 0 bridgehead atoms. The third-order valence-electron chi connectivity index (χ3n) is 6.11. The first-order chi connectivity index (χ1) is 17.5. The van der Waals surface area contributed by atoms with E-state index in [-0.39, 0.29) is 12.1 Å². The number of carbonyl (C=O) groups is 2. The normalized spacial score (nSPS) is 13.1. The van der Waals surface area contributed by atoms with E-state index in [1.165, 1.54) is 41.8 Å². The SMILES string of the molecule is C=N/C=C\N(N)c1ncc(OC)c2c(C(=O)C(=O)N3CCn4c(-c5ccccc5)cnc4C3)c[nH]c12. The topological polar surface area (TPSA) is 135 Å². The molecule has 0 fully saturated rings. The highest BCUT2D eigenvalue weighted by Gasteiger charge is 2.31. The van der Waals surface area contributed by atoms with Gasteiger partial charge >= 0.3 is 0 Å². The van der Waals surface area contributed by atoms with Gasteiger partial charge in [0.15, 0.2) is 5.82 Å². The molecule has 0 spiro atoms. The fourth-order valence-corrected chi connectivity index (χ4v) is 4.36. The fraction of sp³-hybridized carbons (Fsp3) is 0.160. The highest BCUT2D eigenvalue weighted by Crippen LogP contribution is 2.34. The number of pyridine rings is 1. The standard InChI is InChI=1S/C25H24N8O3/c1-27-8-9-33(26)24-22-21(19(36-2)14-30-24)17(12-29-22)23(34)25(35)31-10-11-32-18(13-28-20(32)15-31)16-6-4-3-5-7-16/h3-9,12-14,29H,1,10-11,15,26H2,2H3/b9-8-. The van der Waals surface area contributed by atoms with Crippen molar-refractivity contribution in [3.8, 4) is 17.0 Å². The van der Waals surface area contributed by atoms with E-state index in [2.05, 4.69) is 31.2 Å². The smallest absolute Gasteiger partial charge is 0.295 e. The number of hydrazine groups is 1. The molecular formula is C25H24N8O3. The average molecular weight is 485 g/mol. The molecule has 4 heterocycles. The van der Waals surface area contributed by atoms with Gasteiger partial charge < -0.3 is 19.2 Å². The minimum atomic E-state index is -0.660. The fourth-order valence-electron chi connectivity index (χ4n) is 4.36. The summed E-state index contributed by atoms with van der Waals surface area (Å²) in [6.45, 7) is 4.54. The Morgan fingerprint density at radius 2 is 2.03 bits per heavy atom. The predicted octanol–water partition coefficient (Wildman–Crippen LogP) is 2.51. The minimum absolute atomic E-state index is 0.175. The van der Waals surface area contributed by atoms with Crippen molar-refractivity contribution in [3.63, 3.8) is 0 Å². The lowest BCUT2D eigenvalue weighted by atomic mass is 10.1. The lowest BCUT2D eigenvalue weighted by molar-refractivity contribution is -0.127. The number of nitrogens with two attached hydrogens (primary N) is 1. The summed E-state index contributed by atoms with van der Waals surface area (Å²) in [5, 5.41) is 1.65. The number of rotatable bonds is 7. The van der Waals surface area contributed by atoms with Crippen LogP contribution in [-0.2, 0) is 17.9 Å². The molecule has 36 heavy (non-hydrogen) atoms. The number of ether oxygens (including phenoxy) is 1. The number of fused-ring (bicyclic) bond motifs is 2. The van der Waals surface area contributed by atoms with E-state index in [1.807, 2.05) is 30.3 Å². The number of nitrogens with zero attached hydrogens (tertiary/aromatic N) is 6. The zero-order valence-corrected chi connectivity index (χ0v) is 19.6. The van der Waals surface area contributed by atoms with Gasteiger partial charge in [0.05, 0.1) is 48.2 Å². The Kier molecular flexibility index (Phi) is 6.05. The van der Waals surface area contributed by atoms with Crippen LogP contribution in [0.4, 0.5) is 5.82 Å². The summed E-state index contributed by atoms with van der Waals surface area (Å²) in [4.78, 5) is 43.6. The second kappa shape index (κ2) is 9.47. The first-order valence-corrected chi connectivity index (χ1v) is 11.2. The molecule has 1 aliphatic rings. The Labute approximate surface area is 206 Å². The number of aromatic nitrogens is 4. The van der Waals surface area contributed by atoms with Crippen molar-refractivity contribution in [2.45, 2.75) is 13.1 Å². The van der Waals surface area contributed by atoms with Crippen molar-refractivity contribution in [2.24, 2.45) is 10.8 Å². The summed E-state index contributed by atoms with van der Waals surface area (Å²) in [6, 6.07) is 9.94. The molecule has 0 atom stereocenters. The number of methoxy groups -OCH3 is 1. The van der Waals surface area contributed by atoms with Gasteiger partial charge in [-0.15, -0.1) is 0 Å². The molecule has 0 aliphatic carbocycles. The van der Waals surface area contributed by atoms with Crippen LogP contribution in [0.1, 0.15) is 16.2 Å². The lowest BCUT2D eigenvalue weighted by Crippen LogP contribution is -2.42. The summed E-state index contributed by atoms with van der Waals surface area (Å²) in [5.74, 6) is 6.17. The van der Waals surface area contributed by atoms with Crippen LogP contribution in [0.3, 0.4) is 0 Å². The molecule has 0 saturated heterocycles. The van der Waals surface area contributed by atoms with Crippen LogP contribution < -0.4 is 15.6 Å². The number of anilines is 1. The molecule has 1 amide bonds. The van der Waals surface area contributed by atoms with E-state index in [9.17, 15) is 9.59 Å².